The van der Waals surface area contributed by atoms with Crippen LogP contribution in [-0.4, -0.2) is 12.6 Å². The van der Waals surface area contributed by atoms with Gasteiger partial charge in [-0.25, -0.2) is 4.79 Å². The van der Waals surface area contributed by atoms with Gasteiger partial charge in [-0.1, -0.05) is 106 Å². The number of nitrogens with zero attached hydrogens (tertiary/aromatic N) is 1. The predicted molar refractivity (Wildman–Crippen MR) is 131 cm³/mol. The molecule has 1 unspecified atom stereocenters. The van der Waals surface area contributed by atoms with Gasteiger partial charge in [0.25, 0.3) is 5.60 Å². The lowest BCUT2D eigenvalue weighted by Gasteiger charge is -2.27. The van der Waals surface area contributed by atoms with Crippen molar-refractivity contribution in [3.05, 3.63) is 102 Å². The first-order valence-corrected chi connectivity index (χ1v) is 11.9. The van der Waals surface area contributed by atoms with Crippen LogP contribution in [0, 0.1) is 11.3 Å². The molecule has 0 saturated carbocycles. The van der Waals surface area contributed by atoms with Crippen LogP contribution in [0.4, 0.5) is 0 Å². The van der Waals surface area contributed by atoms with Crippen molar-refractivity contribution in [2.45, 2.75) is 51.0 Å². The molecule has 0 radical (unpaired) electrons. The van der Waals surface area contributed by atoms with Gasteiger partial charge in [-0.2, -0.15) is 10.1 Å². The van der Waals surface area contributed by atoms with Crippen LogP contribution >= 0.6 is 0 Å². The molecule has 0 aromatic heterocycles. The third-order valence-electron chi connectivity index (χ3n) is 5.61. The molecule has 0 aliphatic heterocycles. The molecule has 0 aliphatic carbocycles. The number of rotatable bonds is 13. The Bertz CT molecular complexity index is 1060. The zero-order valence-electron chi connectivity index (χ0n) is 19.6. The minimum absolute atomic E-state index is 0.329. The number of carbonyl (C=O) groups is 1. The van der Waals surface area contributed by atoms with E-state index in [9.17, 15) is 10.1 Å². The molecule has 0 saturated heterocycles. The van der Waals surface area contributed by atoms with Gasteiger partial charge in [-0.15, -0.1) is 0 Å². The zero-order valence-corrected chi connectivity index (χ0v) is 19.6. The van der Waals surface area contributed by atoms with Gasteiger partial charge < -0.3 is 4.74 Å². The zero-order chi connectivity index (χ0) is 24.1. The Morgan fingerprint density at radius 3 is 2.15 bits per heavy atom. The molecule has 34 heavy (non-hydrogen) atoms. The van der Waals surface area contributed by atoms with Gasteiger partial charge in [0.05, 0.1) is 12.2 Å². The number of hydrogen-bond acceptors (Lipinski definition) is 5. The van der Waals surface area contributed by atoms with Crippen LogP contribution in [0.1, 0.15) is 66.9 Å². The van der Waals surface area contributed by atoms with Crippen molar-refractivity contribution in [2.24, 2.45) is 0 Å². The third-order valence-corrected chi connectivity index (χ3v) is 5.61. The molecule has 0 spiro atoms. The maximum Gasteiger partial charge on any atom is 0.373 e. The van der Waals surface area contributed by atoms with E-state index in [1.54, 1.807) is 48.5 Å². The van der Waals surface area contributed by atoms with Gasteiger partial charge in [0, 0.05) is 11.1 Å². The van der Waals surface area contributed by atoms with Gasteiger partial charge in [-0.05, 0) is 24.6 Å². The molecular formula is C29H31NO4. The first kappa shape index (κ1) is 25.0. The Kier molecular flexibility index (Phi) is 9.69. The second-order valence-electron chi connectivity index (χ2n) is 8.09. The molecule has 176 valence electrons. The molecule has 0 amide bonds. The lowest BCUT2D eigenvalue weighted by molar-refractivity contribution is -0.292. The van der Waals surface area contributed by atoms with Crippen LogP contribution in [0.5, 0.6) is 5.75 Å². The van der Waals surface area contributed by atoms with Gasteiger partial charge in [0.15, 0.2) is 0 Å². The summed E-state index contributed by atoms with van der Waals surface area (Å²) in [4.78, 5) is 23.5. The highest BCUT2D eigenvalue weighted by atomic mass is 17.2. The second kappa shape index (κ2) is 13.2. The Hall–Kier alpha value is -3.62. The van der Waals surface area contributed by atoms with E-state index in [2.05, 4.69) is 13.0 Å². The highest BCUT2D eigenvalue weighted by Gasteiger charge is 2.41. The maximum atomic E-state index is 12.6. The molecule has 3 aromatic carbocycles. The molecule has 5 heteroatoms. The topological polar surface area (TPSA) is 68.6 Å². The summed E-state index contributed by atoms with van der Waals surface area (Å²) < 4.78 is 6.09. The van der Waals surface area contributed by atoms with Crippen molar-refractivity contribution in [2.75, 3.05) is 6.61 Å². The van der Waals surface area contributed by atoms with Crippen molar-refractivity contribution in [1.82, 2.24) is 0 Å². The van der Waals surface area contributed by atoms with Crippen molar-refractivity contribution in [3.8, 4) is 11.8 Å². The molecule has 0 heterocycles. The van der Waals surface area contributed by atoms with Crippen molar-refractivity contribution in [1.29, 1.82) is 5.26 Å². The summed E-state index contributed by atoms with van der Waals surface area (Å²) in [5.74, 6) is -0.154. The SMILES string of the molecule is CCCCCCCCOc1ccccc1C(C#N)(OOC(=O)c1ccccc1)c1ccccc1. The van der Waals surface area contributed by atoms with Gasteiger partial charge >= 0.3 is 5.97 Å². The maximum absolute atomic E-state index is 12.6. The average Bonchev–Trinajstić information content (AvgIpc) is 2.90. The highest BCUT2D eigenvalue weighted by Crippen LogP contribution is 2.39. The lowest BCUT2D eigenvalue weighted by atomic mass is 9.87. The number of unbranched alkanes of at least 4 members (excludes halogenated alkanes) is 5. The molecule has 0 bridgehead atoms. The van der Waals surface area contributed by atoms with E-state index in [1.807, 2.05) is 36.4 Å². The molecule has 1 atom stereocenters. The number of para-hydroxylation sites is 1. The molecule has 3 aromatic rings. The van der Waals surface area contributed by atoms with E-state index in [-0.39, 0.29) is 0 Å². The van der Waals surface area contributed by atoms with Crippen molar-refractivity contribution >= 4 is 5.97 Å². The standard InChI is InChI=1S/C29H31NO4/c1-2-3-4-5-6-15-22-32-27-21-14-13-20-26(27)29(23-30,25-18-11-8-12-19-25)34-33-28(31)24-16-9-7-10-17-24/h7-14,16-21H,2-6,15,22H2,1H3. The van der Waals surface area contributed by atoms with E-state index in [0.29, 0.717) is 29.0 Å². The average molecular weight is 458 g/mol. The number of carbonyl (C=O) groups excluding carboxylic acids is 1. The lowest BCUT2D eigenvalue weighted by Crippen LogP contribution is -2.31. The largest absolute Gasteiger partial charge is 0.493 e. The van der Waals surface area contributed by atoms with Gasteiger partial charge in [0.2, 0.25) is 0 Å². The number of hydrogen-bond donors (Lipinski definition) is 0. The summed E-state index contributed by atoms with van der Waals surface area (Å²) in [6.07, 6.45) is 6.91. The van der Waals surface area contributed by atoms with E-state index in [4.69, 9.17) is 14.5 Å². The summed E-state index contributed by atoms with van der Waals surface area (Å²) in [6, 6.07) is 27.0. The summed E-state index contributed by atoms with van der Waals surface area (Å²) in [7, 11) is 0. The number of ether oxygens (including phenoxy) is 1. The van der Waals surface area contributed by atoms with Crippen LogP contribution < -0.4 is 4.74 Å². The molecule has 0 N–H and O–H groups in total. The van der Waals surface area contributed by atoms with E-state index in [1.165, 1.54) is 25.7 Å². The predicted octanol–water partition coefficient (Wildman–Crippen LogP) is 6.98. The van der Waals surface area contributed by atoms with Crippen LogP contribution in [0.3, 0.4) is 0 Å². The summed E-state index contributed by atoms with van der Waals surface area (Å²) in [6.45, 7) is 2.73. The van der Waals surface area contributed by atoms with Gasteiger partial charge in [0.1, 0.15) is 11.8 Å². The Labute approximate surface area is 201 Å². The van der Waals surface area contributed by atoms with Crippen LogP contribution in [0.15, 0.2) is 84.9 Å². The number of benzene rings is 3. The minimum Gasteiger partial charge on any atom is -0.493 e. The fraction of sp³-hybridized carbons (Fsp3) is 0.310. The van der Waals surface area contributed by atoms with Gasteiger partial charge in [-0.3, -0.25) is 4.89 Å². The summed E-state index contributed by atoms with van der Waals surface area (Å²) >= 11 is 0. The highest BCUT2D eigenvalue weighted by molar-refractivity contribution is 5.88. The van der Waals surface area contributed by atoms with Crippen LogP contribution in [0.2, 0.25) is 0 Å². The summed E-state index contributed by atoms with van der Waals surface area (Å²) in [5.41, 5.74) is -0.344. The summed E-state index contributed by atoms with van der Waals surface area (Å²) in [5, 5.41) is 10.4. The second-order valence-corrected chi connectivity index (χ2v) is 8.09. The Morgan fingerprint density at radius 2 is 1.44 bits per heavy atom. The van der Waals surface area contributed by atoms with E-state index < -0.39 is 11.6 Å². The minimum atomic E-state index is -1.69. The Balaban J connectivity index is 1.83. The first-order valence-electron chi connectivity index (χ1n) is 11.9. The van der Waals surface area contributed by atoms with Crippen molar-refractivity contribution < 1.29 is 19.3 Å². The third kappa shape index (κ3) is 6.46. The quantitative estimate of drug-likeness (QED) is 0.157. The normalized spacial score (nSPS) is 12.4. The molecule has 0 fully saturated rings. The number of nitriles is 1. The monoisotopic (exact) mass is 457 g/mol. The fourth-order valence-corrected chi connectivity index (χ4v) is 3.74. The molecule has 0 aliphatic rings. The van der Waals surface area contributed by atoms with E-state index >= 15 is 0 Å². The Morgan fingerprint density at radius 1 is 0.824 bits per heavy atom. The van der Waals surface area contributed by atoms with Crippen LogP contribution in [0.25, 0.3) is 0 Å². The molecule has 3 rings (SSSR count). The molecule has 5 nitrogen and oxygen atoms in total. The fourth-order valence-electron chi connectivity index (χ4n) is 3.74. The van der Waals surface area contributed by atoms with Crippen molar-refractivity contribution in [3.63, 3.8) is 0 Å². The molecular weight excluding hydrogens is 426 g/mol. The first-order chi connectivity index (χ1) is 16.7. The van der Waals surface area contributed by atoms with Crippen LogP contribution in [-0.2, 0) is 15.4 Å². The van der Waals surface area contributed by atoms with E-state index in [0.717, 1.165) is 12.8 Å². The smallest absolute Gasteiger partial charge is 0.373 e.